The molecule has 0 fully saturated rings. The zero-order valence-corrected chi connectivity index (χ0v) is 19.7. The number of carbonyl (C=O) groups is 1. The zero-order valence-electron chi connectivity index (χ0n) is 19.7. The summed E-state index contributed by atoms with van der Waals surface area (Å²) >= 11 is 0. The van der Waals surface area contributed by atoms with Crippen molar-refractivity contribution in [3.8, 4) is 17.2 Å². The second kappa shape index (κ2) is 8.89. The number of alkyl halides is 3. The fraction of sp³-hybridized carbons (Fsp3) is 0.320. The summed E-state index contributed by atoms with van der Waals surface area (Å²) in [6.45, 7) is 0. The maximum atomic E-state index is 13.9. The number of hydrogen-bond acceptors (Lipinski definition) is 7. The number of ether oxygens (including phenoxy) is 3. The minimum atomic E-state index is -4.60. The third kappa shape index (κ3) is 3.84. The Hall–Kier alpha value is -4.02. The van der Waals surface area contributed by atoms with Gasteiger partial charge in [0.15, 0.2) is 17.3 Å². The molecule has 1 aromatic heterocycles. The Morgan fingerprint density at radius 2 is 1.72 bits per heavy atom. The quantitative estimate of drug-likeness (QED) is 0.542. The van der Waals surface area contributed by atoms with E-state index in [2.05, 4.69) is 15.4 Å². The first kappa shape index (κ1) is 23.7. The highest BCUT2D eigenvalue weighted by atomic mass is 19.4. The van der Waals surface area contributed by atoms with Crippen LogP contribution in [0.25, 0.3) is 0 Å². The molecule has 0 spiro atoms. The number of allylic oxidation sites excluding steroid dienone is 2. The normalized spacial score (nSPS) is 19.3. The van der Waals surface area contributed by atoms with E-state index < -0.39 is 17.8 Å². The van der Waals surface area contributed by atoms with E-state index in [0.29, 0.717) is 29.4 Å². The van der Waals surface area contributed by atoms with Crippen molar-refractivity contribution in [2.24, 2.45) is 0 Å². The van der Waals surface area contributed by atoms with Gasteiger partial charge in [0.05, 0.1) is 26.9 Å². The molecule has 0 saturated carbocycles. The molecule has 3 aromatic rings. The van der Waals surface area contributed by atoms with Gasteiger partial charge in [-0.3, -0.25) is 4.79 Å². The van der Waals surface area contributed by atoms with Crippen molar-refractivity contribution >= 4 is 11.7 Å². The molecular weight excluding hydrogens is 477 g/mol. The Labute approximate surface area is 204 Å². The minimum Gasteiger partial charge on any atom is -0.493 e. The lowest BCUT2D eigenvalue weighted by Crippen LogP contribution is -2.34. The molecule has 1 N–H and O–H groups in total. The van der Waals surface area contributed by atoms with Crippen LogP contribution in [0.2, 0.25) is 0 Å². The summed E-state index contributed by atoms with van der Waals surface area (Å²) in [5, 5.41) is 7.27. The predicted molar refractivity (Wildman–Crippen MR) is 123 cm³/mol. The van der Waals surface area contributed by atoms with Crippen molar-refractivity contribution in [3.05, 3.63) is 70.7 Å². The van der Waals surface area contributed by atoms with Gasteiger partial charge >= 0.3 is 6.18 Å². The van der Waals surface area contributed by atoms with E-state index in [4.69, 9.17) is 14.2 Å². The van der Waals surface area contributed by atoms with E-state index in [1.165, 1.54) is 50.5 Å². The third-order valence-electron chi connectivity index (χ3n) is 6.58. The largest absolute Gasteiger partial charge is 0.493 e. The molecule has 0 bridgehead atoms. The lowest BCUT2D eigenvalue weighted by molar-refractivity contribution is -0.138. The van der Waals surface area contributed by atoms with Gasteiger partial charge < -0.3 is 19.5 Å². The van der Waals surface area contributed by atoms with Crippen LogP contribution in [0, 0.1) is 0 Å². The second-order valence-electron chi connectivity index (χ2n) is 8.52. The fourth-order valence-corrected chi connectivity index (χ4v) is 5.01. The van der Waals surface area contributed by atoms with Gasteiger partial charge in [-0.2, -0.15) is 23.3 Å². The molecule has 5 rings (SSSR count). The highest BCUT2D eigenvalue weighted by molar-refractivity contribution is 6.00. The van der Waals surface area contributed by atoms with Crippen LogP contribution in [0.5, 0.6) is 17.2 Å². The summed E-state index contributed by atoms with van der Waals surface area (Å²) < 4.78 is 59.4. The number of nitrogens with zero attached hydrogens (tertiary/aromatic N) is 3. The number of halogens is 3. The molecule has 2 aromatic carbocycles. The van der Waals surface area contributed by atoms with E-state index in [9.17, 15) is 18.0 Å². The van der Waals surface area contributed by atoms with Crippen molar-refractivity contribution in [1.29, 1.82) is 0 Å². The van der Waals surface area contributed by atoms with E-state index in [1.54, 1.807) is 12.1 Å². The fourth-order valence-electron chi connectivity index (χ4n) is 5.01. The van der Waals surface area contributed by atoms with Crippen LogP contribution in [0.4, 0.5) is 19.1 Å². The molecule has 8 nitrogen and oxygen atoms in total. The molecule has 2 heterocycles. The molecule has 0 amide bonds. The Morgan fingerprint density at radius 1 is 1.03 bits per heavy atom. The lowest BCUT2D eigenvalue weighted by Gasteiger charge is -2.36. The highest BCUT2D eigenvalue weighted by Gasteiger charge is 2.43. The maximum Gasteiger partial charge on any atom is 0.416 e. The van der Waals surface area contributed by atoms with Crippen LogP contribution in [0.1, 0.15) is 41.5 Å². The molecule has 1 aliphatic heterocycles. The van der Waals surface area contributed by atoms with Crippen molar-refractivity contribution in [2.45, 2.75) is 31.0 Å². The average Bonchev–Trinajstić information content (AvgIpc) is 3.34. The highest BCUT2D eigenvalue weighted by Crippen LogP contribution is 2.48. The predicted octanol–water partition coefficient (Wildman–Crippen LogP) is 4.74. The molecule has 0 radical (unpaired) electrons. The number of methoxy groups -OCH3 is 3. The van der Waals surface area contributed by atoms with E-state index >= 15 is 0 Å². The number of rotatable bonds is 5. The molecule has 36 heavy (non-hydrogen) atoms. The summed E-state index contributed by atoms with van der Waals surface area (Å²) in [4.78, 5) is 17.8. The lowest BCUT2D eigenvalue weighted by atomic mass is 9.77. The van der Waals surface area contributed by atoms with Gasteiger partial charge in [-0.25, -0.2) is 4.68 Å². The van der Waals surface area contributed by atoms with Gasteiger partial charge in [0, 0.05) is 17.7 Å². The van der Waals surface area contributed by atoms with Crippen LogP contribution in [-0.4, -0.2) is 41.9 Å². The van der Waals surface area contributed by atoms with Gasteiger partial charge in [-0.15, -0.1) is 0 Å². The second-order valence-corrected chi connectivity index (χ2v) is 8.52. The molecule has 2 aliphatic rings. The molecule has 188 valence electrons. The average molecular weight is 500 g/mol. The number of benzene rings is 2. The van der Waals surface area contributed by atoms with Gasteiger partial charge in [0.25, 0.3) is 0 Å². The first-order chi connectivity index (χ1) is 17.3. The van der Waals surface area contributed by atoms with E-state index in [0.717, 1.165) is 11.6 Å². The third-order valence-corrected chi connectivity index (χ3v) is 6.58. The summed E-state index contributed by atoms with van der Waals surface area (Å²) in [5.74, 6) is 1.06. The Morgan fingerprint density at radius 3 is 2.36 bits per heavy atom. The van der Waals surface area contributed by atoms with Crippen molar-refractivity contribution < 1.29 is 32.2 Å². The first-order valence-electron chi connectivity index (χ1n) is 11.2. The van der Waals surface area contributed by atoms with Crippen molar-refractivity contribution in [1.82, 2.24) is 14.8 Å². The molecule has 2 atom stereocenters. The van der Waals surface area contributed by atoms with Gasteiger partial charge in [0.1, 0.15) is 12.4 Å². The first-order valence-corrected chi connectivity index (χ1v) is 11.2. The summed E-state index contributed by atoms with van der Waals surface area (Å²) in [6, 6.07) is 7.77. The maximum absolute atomic E-state index is 13.9. The summed E-state index contributed by atoms with van der Waals surface area (Å²) in [6.07, 6.45) is -2.88. The number of fused-ring (bicyclic) bond motifs is 1. The summed E-state index contributed by atoms with van der Waals surface area (Å²) in [5.41, 5.74) is 0.696. The van der Waals surface area contributed by atoms with Gasteiger partial charge in [-0.1, -0.05) is 18.2 Å². The SMILES string of the molecule is COc1cc(C2CC(=O)C3=C(C2)Nc2ncnn2C3c2ccccc2C(F)(F)F)cc(OC)c1OC. The van der Waals surface area contributed by atoms with Crippen LogP contribution in [0.3, 0.4) is 0 Å². The van der Waals surface area contributed by atoms with E-state index in [1.807, 2.05) is 0 Å². The number of Topliss-reactive ketones (excluding diaryl/α,β-unsaturated/α-hetero) is 1. The van der Waals surface area contributed by atoms with Crippen LogP contribution in [0.15, 0.2) is 54.0 Å². The van der Waals surface area contributed by atoms with Gasteiger partial charge in [-0.05, 0) is 41.7 Å². The molecule has 2 unspecified atom stereocenters. The van der Waals surface area contributed by atoms with Crippen molar-refractivity contribution in [3.63, 3.8) is 0 Å². The monoisotopic (exact) mass is 500 g/mol. The number of anilines is 1. The number of hydrogen-bond donors (Lipinski definition) is 1. The van der Waals surface area contributed by atoms with E-state index in [-0.39, 0.29) is 35.2 Å². The number of ketones is 1. The van der Waals surface area contributed by atoms with Crippen molar-refractivity contribution in [2.75, 3.05) is 26.6 Å². The summed E-state index contributed by atoms with van der Waals surface area (Å²) in [7, 11) is 4.51. The standard InChI is InChI=1S/C25H23F3N4O4/c1-34-19-10-14(11-20(35-2)23(19)36-3)13-8-17-21(18(33)9-13)22(32-24(31-17)29-12-30-32)15-6-4-5-7-16(15)25(26,27)28/h4-7,10-13,22H,8-9H2,1-3H3,(H,29,30,31). The molecule has 1 aliphatic carbocycles. The Bertz CT molecular complexity index is 1340. The van der Waals surface area contributed by atoms with Crippen LogP contribution in [-0.2, 0) is 11.0 Å². The van der Waals surface area contributed by atoms with Crippen LogP contribution >= 0.6 is 0 Å². The zero-order chi connectivity index (χ0) is 25.6. The molecule has 11 heteroatoms. The number of carbonyl (C=O) groups excluding carboxylic acids is 1. The van der Waals surface area contributed by atoms with Gasteiger partial charge in [0.2, 0.25) is 11.7 Å². The minimum absolute atomic E-state index is 0.0506. The number of aromatic nitrogens is 3. The smallest absolute Gasteiger partial charge is 0.416 e. The molecule has 0 saturated heterocycles. The van der Waals surface area contributed by atoms with Crippen LogP contribution < -0.4 is 19.5 Å². The Balaban J connectivity index is 1.61. The molecular formula is C25H23F3N4O4. The Kier molecular flexibility index (Phi) is 5.85. The topological polar surface area (TPSA) is 87.5 Å². The number of nitrogens with one attached hydrogen (secondary N) is 1.